The Balaban J connectivity index is 1.36. The number of benzene rings is 1. The number of carbonyl (C=O) groups is 2. The van der Waals surface area contributed by atoms with Gasteiger partial charge in [0.1, 0.15) is 11.6 Å². The number of amides is 3. The van der Waals surface area contributed by atoms with Gasteiger partial charge in [0.2, 0.25) is 11.8 Å². The molecule has 2 heterocycles. The molecule has 194 valence electrons. The van der Waals surface area contributed by atoms with E-state index in [4.69, 9.17) is 0 Å². The molecule has 5 rings (SSSR count). The topological polar surface area (TPSA) is 96.0 Å². The van der Waals surface area contributed by atoms with Crippen LogP contribution >= 0.6 is 0 Å². The van der Waals surface area contributed by atoms with E-state index in [2.05, 4.69) is 25.9 Å². The molecule has 3 aromatic rings. The highest BCUT2D eigenvalue weighted by Crippen LogP contribution is 2.35. The van der Waals surface area contributed by atoms with Crippen molar-refractivity contribution in [3.63, 3.8) is 0 Å². The zero-order valence-corrected chi connectivity index (χ0v) is 20.6. The normalized spacial score (nSPS) is 17.4. The van der Waals surface area contributed by atoms with Gasteiger partial charge in [0.15, 0.2) is 0 Å². The van der Waals surface area contributed by atoms with Crippen LogP contribution in [0.1, 0.15) is 49.8 Å². The minimum atomic E-state index is -2.69. The summed E-state index contributed by atoms with van der Waals surface area (Å²) < 4.78 is 41.5. The van der Waals surface area contributed by atoms with Gasteiger partial charge in [-0.1, -0.05) is 0 Å². The SMILES string of the molecule is Cc1cc(F)c(NC(=O)NC2CCC(F)(F)CC2)cc1-c1cc2cnc(NC(=O)C3CC3)cc2nc1C. The lowest BCUT2D eigenvalue weighted by Gasteiger charge is -2.28. The molecule has 7 nitrogen and oxygen atoms in total. The third-order valence-corrected chi connectivity index (χ3v) is 6.99. The van der Waals surface area contributed by atoms with Gasteiger partial charge in [-0.25, -0.2) is 22.9 Å². The minimum Gasteiger partial charge on any atom is -0.335 e. The molecule has 0 bridgehead atoms. The Hall–Kier alpha value is -3.69. The highest BCUT2D eigenvalue weighted by molar-refractivity contribution is 5.95. The van der Waals surface area contributed by atoms with Crippen LogP contribution in [0, 0.1) is 25.6 Å². The lowest BCUT2D eigenvalue weighted by atomic mass is 9.92. The van der Waals surface area contributed by atoms with Gasteiger partial charge in [-0.2, -0.15) is 0 Å². The standard InChI is InChI=1S/C27H28F3N5O2/c1-14-9-21(28)23(34-26(37)33-18-5-7-27(29,30)8-6-18)11-19(14)20-10-17-13-31-24(12-22(17)32-15(20)2)35-25(36)16-3-4-16/h9-13,16,18H,3-8H2,1-2H3,(H,31,35,36)(H2,33,34,37). The minimum absolute atomic E-state index is 0.0185. The molecule has 0 aliphatic heterocycles. The van der Waals surface area contributed by atoms with E-state index in [1.807, 2.05) is 13.0 Å². The molecule has 2 aliphatic carbocycles. The molecule has 0 radical (unpaired) electrons. The number of nitrogens with zero attached hydrogens (tertiary/aromatic N) is 2. The lowest BCUT2D eigenvalue weighted by molar-refractivity contribution is -0.117. The number of aryl methyl sites for hydroxylation is 2. The second kappa shape index (κ2) is 9.64. The van der Waals surface area contributed by atoms with Crippen LogP contribution in [-0.4, -0.2) is 33.9 Å². The van der Waals surface area contributed by atoms with Gasteiger partial charge in [-0.05, 0) is 68.9 Å². The van der Waals surface area contributed by atoms with Gasteiger partial charge in [0.05, 0.1) is 11.2 Å². The Morgan fingerprint density at radius 2 is 1.70 bits per heavy atom. The average molecular weight is 512 g/mol. The second-order valence-corrected chi connectivity index (χ2v) is 10.0. The molecule has 10 heteroatoms. The highest BCUT2D eigenvalue weighted by atomic mass is 19.3. The van der Waals surface area contributed by atoms with Crippen molar-refractivity contribution in [3.05, 3.63) is 47.5 Å². The van der Waals surface area contributed by atoms with Gasteiger partial charge in [0, 0.05) is 53.7 Å². The van der Waals surface area contributed by atoms with Crippen molar-refractivity contribution in [1.82, 2.24) is 15.3 Å². The molecule has 3 N–H and O–H groups in total. The predicted octanol–water partition coefficient (Wildman–Crippen LogP) is 6.10. The van der Waals surface area contributed by atoms with Crippen LogP contribution in [0.4, 0.5) is 29.5 Å². The summed E-state index contributed by atoms with van der Waals surface area (Å²) in [6.45, 7) is 3.60. The Kier molecular flexibility index (Phi) is 6.51. The van der Waals surface area contributed by atoms with Crippen LogP contribution in [0.5, 0.6) is 0 Å². The number of carbonyl (C=O) groups excluding carboxylic acids is 2. The molecule has 2 fully saturated rings. The van der Waals surface area contributed by atoms with Crippen LogP contribution in [0.15, 0.2) is 30.5 Å². The maximum atomic E-state index is 14.7. The fourth-order valence-corrected chi connectivity index (χ4v) is 4.67. The van der Waals surface area contributed by atoms with Crippen LogP contribution in [0.25, 0.3) is 22.0 Å². The van der Waals surface area contributed by atoms with Crippen molar-refractivity contribution in [1.29, 1.82) is 0 Å². The number of hydrogen-bond acceptors (Lipinski definition) is 4. The van der Waals surface area contributed by atoms with Crippen molar-refractivity contribution >= 4 is 34.3 Å². The zero-order chi connectivity index (χ0) is 26.3. The molecule has 0 unspecified atom stereocenters. The molecule has 37 heavy (non-hydrogen) atoms. The Morgan fingerprint density at radius 1 is 0.973 bits per heavy atom. The molecule has 2 aliphatic rings. The van der Waals surface area contributed by atoms with Gasteiger partial charge < -0.3 is 16.0 Å². The third kappa shape index (κ3) is 5.68. The van der Waals surface area contributed by atoms with E-state index in [0.29, 0.717) is 28.2 Å². The first-order chi connectivity index (χ1) is 17.6. The van der Waals surface area contributed by atoms with E-state index in [1.54, 1.807) is 25.3 Å². The van der Waals surface area contributed by atoms with Gasteiger partial charge in [0.25, 0.3) is 0 Å². The van der Waals surface area contributed by atoms with Crippen LogP contribution in [0.3, 0.4) is 0 Å². The van der Waals surface area contributed by atoms with Gasteiger partial charge in [-0.3, -0.25) is 9.78 Å². The summed E-state index contributed by atoms with van der Waals surface area (Å²) in [4.78, 5) is 33.6. The summed E-state index contributed by atoms with van der Waals surface area (Å²) in [5, 5.41) is 8.76. The van der Waals surface area contributed by atoms with Crippen LogP contribution < -0.4 is 16.0 Å². The monoisotopic (exact) mass is 511 g/mol. The second-order valence-electron chi connectivity index (χ2n) is 10.0. The number of anilines is 2. The molecular weight excluding hydrogens is 483 g/mol. The van der Waals surface area contributed by atoms with Crippen LogP contribution in [0.2, 0.25) is 0 Å². The average Bonchev–Trinajstić information content (AvgIpc) is 3.68. The first-order valence-corrected chi connectivity index (χ1v) is 12.4. The van der Waals surface area contributed by atoms with E-state index >= 15 is 0 Å². The highest BCUT2D eigenvalue weighted by Gasteiger charge is 2.35. The number of halogens is 3. The van der Waals surface area contributed by atoms with E-state index in [-0.39, 0.29) is 49.2 Å². The number of fused-ring (bicyclic) bond motifs is 1. The summed E-state index contributed by atoms with van der Waals surface area (Å²) in [5.74, 6) is -2.82. The van der Waals surface area contributed by atoms with Crippen molar-refractivity contribution in [2.75, 3.05) is 10.6 Å². The van der Waals surface area contributed by atoms with E-state index in [1.165, 1.54) is 6.07 Å². The van der Waals surface area contributed by atoms with Crippen LogP contribution in [-0.2, 0) is 4.79 Å². The van der Waals surface area contributed by atoms with Crippen molar-refractivity contribution in [3.8, 4) is 11.1 Å². The zero-order valence-electron chi connectivity index (χ0n) is 20.6. The summed E-state index contributed by atoms with van der Waals surface area (Å²) in [6, 6.07) is 5.48. The number of aromatic nitrogens is 2. The largest absolute Gasteiger partial charge is 0.335 e. The fraction of sp³-hybridized carbons (Fsp3) is 0.407. The lowest BCUT2D eigenvalue weighted by Crippen LogP contribution is -2.42. The van der Waals surface area contributed by atoms with E-state index in [0.717, 1.165) is 23.8 Å². The number of nitrogens with one attached hydrogen (secondary N) is 3. The maximum Gasteiger partial charge on any atom is 0.319 e. The van der Waals surface area contributed by atoms with Gasteiger partial charge in [-0.15, -0.1) is 0 Å². The summed E-state index contributed by atoms with van der Waals surface area (Å²) >= 11 is 0. The molecule has 0 spiro atoms. The van der Waals surface area contributed by atoms with E-state index in [9.17, 15) is 22.8 Å². The van der Waals surface area contributed by atoms with Crippen molar-refractivity contribution in [2.45, 2.75) is 64.3 Å². The number of alkyl halides is 2. The maximum absolute atomic E-state index is 14.7. The molecule has 2 aromatic heterocycles. The number of pyridine rings is 2. The third-order valence-electron chi connectivity index (χ3n) is 6.99. The van der Waals surface area contributed by atoms with Crippen molar-refractivity contribution in [2.24, 2.45) is 5.92 Å². The van der Waals surface area contributed by atoms with Gasteiger partial charge >= 0.3 is 6.03 Å². The number of hydrogen-bond donors (Lipinski definition) is 3. The molecule has 0 atom stereocenters. The Morgan fingerprint density at radius 3 is 2.41 bits per heavy atom. The molecule has 3 amide bonds. The molecule has 2 saturated carbocycles. The smallest absolute Gasteiger partial charge is 0.319 e. The van der Waals surface area contributed by atoms with Crippen molar-refractivity contribution < 1.29 is 22.8 Å². The fourth-order valence-electron chi connectivity index (χ4n) is 4.67. The summed E-state index contributed by atoms with van der Waals surface area (Å²) in [6.07, 6.45) is 3.21. The molecule has 1 aromatic carbocycles. The number of urea groups is 1. The molecular formula is C27H28F3N5O2. The summed E-state index contributed by atoms with van der Waals surface area (Å²) in [5.41, 5.74) is 3.43. The van der Waals surface area contributed by atoms with E-state index < -0.39 is 17.8 Å². The number of rotatable bonds is 5. The quantitative estimate of drug-likeness (QED) is 0.386. The Bertz CT molecular complexity index is 1380. The first kappa shape index (κ1) is 25.0. The molecule has 0 saturated heterocycles. The Labute approximate surface area is 212 Å². The first-order valence-electron chi connectivity index (χ1n) is 12.4. The summed E-state index contributed by atoms with van der Waals surface area (Å²) in [7, 11) is 0. The predicted molar refractivity (Wildman–Crippen MR) is 135 cm³/mol.